The van der Waals surface area contributed by atoms with Crippen LogP contribution in [0.4, 0.5) is 0 Å². The summed E-state index contributed by atoms with van der Waals surface area (Å²) in [7, 11) is 0. The molecule has 2 aliphatic carbocycles. The van der Waals surface area contributed by atoms with Crippen LogP contribution < -0.4 is 0 Å². The van der Waals surface area contributed by atoms with Gasteiger partial charge in [-0.05, 0) is 31.1 Å². The molecule has 0 aromatic rings. The van der Waals surface area contributed by atoms with Crippen molar-refractivity contribution in [2.24, 2.45) is 23.2 Å². The van der Waals surface area contributed by atoms with Gasteiger partial charge in [0.05, 0.1) is 11.3 Å². The Kier molecular flexibility index (Phi) is 2.52. The number of hydrogen-bond donors (Lipinski definition) is 2. The summed E-state index contributed by atoms with van der Waals surface area (Å²) < 4.78 is 0. The average molecular weight is 224 g/mol. The lowest BCUT2D eigenvalue weighted by molar-refractivity contribution is -0.165. The van der Waals surface area contributed by atoms with E-state index in [2.05, 4.69) is 0 Å². The Balaban J connectivity index is 2.41. The third-order valence-electron chi connectivity index (χ3n) is 4.16. The molecule has 4 unspecified atom stereocenters. The van der Waals surface area contributed by atoms with Gasteiger partial charge < -0.3 is 10.2 Å². The maximum atomic E-state index is 11.5. The van der Waals surface area contributed by atoms with Gasteiger partial charge in [-0.1, -0.05) is 19.1 Å². The summed E-state index contributed by atoms with van der Waals surface area (Å²) in [6, 6.07) is 0. The molecule has 0 saturated heterocycles. The number of fused-ring (bicyclic) bond motifs is 2. The van der Waals surface area contributed by atoms with Crippen molar-refractivity contribution in [3.8, 4) is 0 Å². The van der Waals surface area contributed by atoms with Gasteiger partial charge in [0.1, 0.15) is 0 Å². The molecule has 0 amide bonds. The fourth-order valence-electron chi connectivity index (χ4n) is 3.45. The van der Waals surface area contributed by atoms with Gasteiger partial charge in [0, 0.05) is 0 Å². The lowest BCUT2D eigenvalue weighted by Crippen LogP contribution is -2.45. The summed E-state index contributed by atoms with van der Waals surface area (Å²) in [6.07, 6.45) is 5.58. The third-order valence-corrected chi connectivity index (χ3v) is 4.16. The van der Waals surface area contributed by atoms with Crippen LogP contribution in [0.5, 0.6) is 0 Å². The third kappa shape index (κ3) is 1.29. The Labute approximate surface area is 94.0 Å². The van der Waals surface area contributed by atoms with E-state index >= 15 is 0 Å². The molecule has 4 heteroatoms. The van der Waals surface area contributed by atoms with Gasteiger partial charge in [-0.25, -0.2) is 0 Å². The average Bonchev–Trinajstić information content (AvgIpc) is 2.78. The second-order valence-corrected chi connectivity index (χ2v) is 4.84. The summed E-state index contributed by atoms with van der Waals surface area (Å²) in [5.74, 6) is -2.54. The molecule has 88 valence electrons. The molecule has 4 atom stereocenters. The monoisotopic (exact) mass is 224 g/mol. The number of carboxylic acids is 2. The fraction of sp³-hybridized carbons (Fsp3) is 0.667. The second kappa shape index (κ2) is 3.61. The molecule has 0 aliphatic heterocycles. The maximum absolute atomic E-state index is 11.5. The van der Waals surface area contributed by atoms with Crippen LogP contribution in [-0.4, -0.2) is 22.2 Å². The smallest absolute Gasteiger partial charge is 0.311 e. The van der Waals surface area contributed by atoms with E-state index in [0.717, 1.165) is 6.42 Å². The predicted molar refractivity (Wildman–Crippen MR) is 56.8 cm³/mol. The molecule has 2 bridgehead atoms. The van der Waals surface area contributed by atoms with Crippen molar-refractivity contribution >= 4 is 11.9 Å². The van der Waals surface area contributed by atoms with Crippen molar-refractivity contribution in [2.45, 2.75) is 26.2 Å². The molecule has 1 saturated carbocycles. The SMILES string of the molecule is CCC(C(=O)O)C1(C(=O)O)CC2C=CC1C2. The van der Waals surface area contributed by atoms with Crippen LogP contribution in [0.15, 0.2) is 12.2 Å². The molecule has 16 heavy (non-hydrogen) atoms. The number of carboxylic acid groups (broad SMARTS) is 2. The van der Waals surface area contributed by atoms with Crippen LogP contribution in [0.1, 0.15) is 26.2 Å². The molecule has 0 radical (unpaired) electrons. The number of hydrogen-bond acceptors (Lipinski definition) is 2. The second-order valence-electron chi connectivity index (χ2n) is 4.84. The number of aliphatic carboxylic acids is 2. The molecule has 2 rings (SSSR count). The Bertz CT molecular complexity index is 360. The first-order valence-corrected chi connectivity index (χ1v) is 5.67. The van der Waals surface area contributed by atoms with Crippen molar-refractivity contribution in [3.63, 3.8) is 0 Å². The summed E-state index contributed by atoms with van der Waals surface area (Å²) in [5, 5.41) is 18.6. The lowest BCUT2D eigenvalue weighted by Gasteiger charge is -2.36. The molecule has 0 aromatic carbocycles. The lowest BCUT2D eigenvalue weighted by atomic mass is 9.65. The highest BCUT2D eigenvalue weighted by molar-refractivity contribution is 5.84. The van der Waals surface area contributed by atoms with Gasteiger partial charge in [0.15, 0.2) is 0 Å². The van der Waals surface area contributed by atoms with E-state index in [4.69, 9.17) is 0 Å². The molecule has 1 fully saturated rings. The van der Waals surface area contributed by atoms with Gasteiger partial charge >= 0.3 is 11.9 Å². The van der Waals surface area contributed by atoms with Gasteiger partial charge in [0.2, 0.25) is 0 Å². The highest BCUT2D eigenvalue weighted by atomic mass is 16.4. The van der Waals surface area contributed by atoms with E-state index in [0.29, 0.717) is 12.8 Å². The zero-order valence-electron chi connectivity index (χ0n) is 9.22. The molecule has 4 nitrogen and oxygen atoms in total. The van der Waals surface area contributed by atoms with Crippen LogP contribution in [0, 0.1) is 23.2 Å². The Morgan fingerprint density at radius 1 is 1.44 bits per heavy atom. The van der Waals surface area contributed by atoms with Crippen molar-refractivity contribution in [2.75, 3.05) is 0 Å². The summed E-state index contributed by atoms with van der Waals surface area (Å²) in [4.78, 5) is 22.7. The Hall–Kier alpha value is -1.32. The summed E-state index contributed by atoms with van der Waals surface area (Å²) in [6.45, 7) is 1.75. The van der Waals surface area contributed by atoms with E-state index in [-0.39, 0.29) is 11.8 Å². The first-order chi connectivity index (χ1) is 7.52. The van der Waals surface area contributed by atoms with Gasteiger partial charge in [-0.2, -0.15) is 0 Å². The van der Waals surface area contributed by atoms with Crippen LogP contribution in [0.3, 0.4) is 0 Å². The minimum atomic E-state index is -1.07. The van der Waals surface area contributed by atoms with Gasteiger partial charge in [-0.15, -0.1) is 0 Å². The normalized spacial score (nSPS) is 37.6. The topological polar surface area (TPSA) is 74.6 Å². The number of rotatable bonds is 4. The fourth-order valence-corrected chi connectivity index (χ4v) is 3.45. The minimum Gasteiger partial charge on any atom is -0.481 e. The van der Waals surface area contributed by atoms with Crippen molar-refractivity contribution in [1.82, 2.24) is 0 Å². The summed E-state index contributed by atoms with van der Waals surface area (Å²) in [5.41, 5.74) is -1.07. The van der Waals surface area contributed by atoms with E-state index in [9.17, 15) is 19.8 Å². The molecular formula is C12H16O4. The van der Waals surface area contributed by atoms with E-state index in [1.165, 1.54) is 0 Å². The first kappa shape index (κ1) is 11.2. The minimum absolute atomic E-state index is 0.101. The van der Waals surface area contributed by atoms with Crippen molar-refractivity contribution in [3.05, 3.63) is 12.2 Å². The maximum Gasteiger partial charge on any atom is 0.311 e. The van der Waals surface area contributed by atoms with E-state index in [1.54, 1.807) is 6.92 Å². The zero-order chi connectivity index (χ0) is 11.9. The first-order valence-electron chi connectivity index (χ1n) is 5.67. The quantitative estimate of drug-likeness (QED) is 0.713. The zero-order valence-corrected chi connectivity index (χ0v) is 9.22. The van der Waals surface area contributed by atoms with Crippen LogP contribution in [0.2, 0.25) is 0 Å². The van der Waals surface area contributed by atoms with Crippen LogP contribution in [0.25, 0.3) is 0 Å². The largest absolute Gasteiger partial charge is 0.481 e. The van der Waals surface area contributed by atoms with E-state index in [1.807, 2.05) is 12.2 Å². The van der Waals surface area contributed by atoms with Crippen LogP contribution in [-0.2, 0) is 9.59 Å². The number of allylic oxidation sites excluding steroid dienone is 2. The Morgan fingerprint density at radius 3 is 2.44 bits per heavy atom. The van der Waals surface area contributed by atoms with Gasteiger partial charge in [-0.3, -0.25) is 9.59 Å². The molecule has 0 heterocycles. The van der Waals surface area contributed by atoms with Gasteiger partial charge in [0.25, 0.3) is 0 Å². The molecule has 2 N–H and O–H groups in total. The summed E-state index contributed by atoms with van der Waals surface area (Å²) >= 11 is 0. The van der Waals surface area contributed by atoms with Crippen molar-refractivity contribution < 1.29 is 19.8 Å². The van der Waals surface area contributed by atoms with Crippen LogP contribution >= 0.6 is 0 Å². The molecule has 0 spiro atoms. The molecular weight excluding hydrogens is 208 g/mol. The highest BCUT2D eigenvalue weighted by Gasteiger charge is 2.59. The Morgan fingerprint density at radius 2 is 2.12 bits per heavy atom. The standard InChI is InChI=1S/C12H16O4/c1-2-9(10(13)14)12(11(15)16)6-7-3-4-8(12)5-7/h3-4,7-9H,2,5-6H2,1H3,(H,13,14)(H,15,16). The molecule has 0 aromatic heterocycles. The van der Waals surface area contributed by atoms with Crippen molar-refractivity contribution in [1.29, 1.82) is 0 Å². The predicted octanol–water partition coefficient (Wildman–Crippen LogP) is 1.76. The highest BCUT2D eigenvalue weighted by Crippen LogP contribution is 2.57. The van der Waals surface area contributed by atoms with E-state index < -0.39 is 23.3 Å². The number of carbonyl (C=O) groups is 2. The molecule has 2 aliphatic rings.